The number of nitrogens with one attached hydrogen (secondary N) is 1. The van der Waals surface area contributed by atoms with Crippen LogP contribution in [0.25, 0.3) is 6.08 Å². The van der Waals surface area contributed by atoms with Crippen molar-refractivity contribution in [1.82, 2.24) is 5.32 Å². The lowest BCUT2D eigenvalue weighted by Crippen LogP contribution is -2.33. The lowest BCUT2D eigenvalue weighted by Gasteiger charge is -2.16. The fourth-order valence-corrected chi connectivity index (χ4v) is 2.49. The van der Waals surface area contributed by atoms with Crippen molar-refractivity contribution in [3.63, 3.8) is 0 Å². The van der Waals surface area contributed by atoms with Gasteiger partial charge in [-0.1, -0.05) is 55.3 Å². The van der Waals surface area contributed by atoms with Crippen molar-refractivity contribution < 1.29 is 4.74 Å². The summed E-state index contributed by atoms with van der Waals surface area (Å²) in [5.74, 6) is 0. The highest BCUT2D eigenvalue weighted by Gasteiger charge is 2.14. The van der Waals surface area contributed by atoms with Crippen LogP contribution < -0.4 is 5.32 Å². The third-order valence-corrected chi connectivity index (χ3v) is 3.64. The maximum Gasteiger partial charge on any atom is 0.0675 e. The standard InChI is InChI=1S/C17H25NO/c1-15(14-18-17-11-5-6-12-17)19-13-7-10-16-8-3-2-4-9-16/h2-4,7-10,15,17-18H,5-6,11-14H2,1H3. The minimum Gasteiger partial charge on any atom is -0.373 e. The molecule has 0 saturated heterocycles. The van der Waals surface area contributed by atoms with Gasteiger partial charge in [0.1, 0.15) is 0 Å². The van der Waals surface area contributed by atoms with Crippen molar-refractivity contribution in [1.29, 1.82) is 0 Å². The molecule has 1 aromatic rings. The van der Waals surface area contributed by atoms with Crippen molar-refractivity contribution in [2.45, 2.75) is 44.8 Å². The van der Waals surface area contributed by atoms with E-state index in [4.69, 9.17) is 4.74 Å². The van der Waals surface area contributed by atoms with E-state index in [0.29, 0.717) is 6.61 Å². The van der Waals surface area contributed by atoms with Gasteiger partial charge in [0.2, 0.25) is 0 Å². The average molecular weight is 259 g/mol. The maximum atomic E-state index is 5.77. The van der Waals surface area contributed by atoms with Crippen LogP contribution in [-0.4, -0.2) is 25.3 Å². The van der Waals surface area contributed by atoms with Gasteiger partial charge in [-0.2, -0.15) is 0 Å². The first kappa shape index (κ1) is 14.3. The lowest BCUT2D eigenvalue weighted by molar-refractivity contribution is 0.0859. The molecule has 1 aliphatic carbocycles. The Bertz CT molecular complexity index is 368. The molecule has 1 aliphatic rings. The quantitative estimate of drug-likeness (QED) is 0.807. The molecule has 0 aromatic heterocycles. The minimum absolute atomic E-state index is 0.279. The Hall–Kier alpha value is -1.12. The van der Waals surface area contributed by atoms with Crippen LogP contribution in [0.5, 0.6) is 0 Å². The number of ether oxygens (including phenoxy) is 1. The molecule has 1 atom stereocenters. The van der Waals surface area contributed by atoms with Gasteiger partial charge >= 0.3 is 0 Å². The molecule has 1 aromatic carbocycles. The first-order chi connectivity index (χ1) is 9.34. The van der Waals surface area contributed by atoms with Crippen molar-refractivity contribution in [3.8, 4) is 0 Å². The molecule has 0 radical (unpaired) electrons. The Balaban J connectivity index is 1.58. The Kier molecular flexibility index (Phi) is 6.12. The zero-order valence-electron chi connectivity index (χ0n) is 11.8. The third-order valence-electron chi connectivity index (χ3n) is 3.64. The van der Waals surface area contributed by atoms with Gasteiger partial charge in [0.25, 0.3) is 0 Å². The van der Waals surface area contributed by atoms with Crippen molar-refractivity contribution in [3.05, 3.63) is 42.0 Å². The van der Waals surface area contributed by atoms with E-state index in [-0.39, 0.29) is 6.10 Å². The van der Waals surface area contributed by atoms with Crippen molar-refractivity contribution in [2.24, 2.45) is 0 Å². The van der Waals surface area contributed by atoms with Crippen molar-refractivity contribution >= 4 is 6.08 Å². The smallest absolute Gasteiger partial charge is 0.0675 e. The topological polar surface area (TPSA) is 21.3 Å². The second-order valence-electron chi connectivity index (χ2n) is 5.35. The highest BCUT2D eigenvalue weighted by Crippen LogP contribution is 2.17. The second-order valence-corrected chi connectivity index (χ2v) is 5.35. The molecule has 1 fully saturated rings. The highest BCUT2D eigenvalue weighted by molar-refractivity contribution is 5.48. The summed E-state index contributed by atoms with van der Waals surface area (Å²) >= 11 is 0. The fourth-order valence-electron chi connectivity index (χ4n) is 2.49. The Morgan fingerprint density at radius 1 is 1.26 bits per heavy atom. The van der Waals surface area contributed by atoms with Crippen LogP contribution in [0.3, 0.4) is 0 Å². The summed E-state index contributed by atoms with van der Waals surface area (Å²) in [4.78, 5) is 0. The van der Waals surface area contributed by atoms with E-state index >= 15 is 0 Å². The maximum absolute atomic E-state index is 5.77. The normalized spacial score (nSPS) is 18.2. The number of benzene rings is 1. The van der Waals surface area contributed by atoms with Gasteiger partial charge in [-0.25, -0.2) is 0 Å². The van der Waals surface area contributed by atoms with E-state index in [1.165, 1.54) is 31.2 Å². The molecule has 19 heavy (non-hydrogen) atoms. The number of rotatable bonds is 7. The molecule has 1 unspecified atom stereocenters. The summed E-state index contributed by atoms with van der Waals surface area (Å²) < 4.78 is 5.77. The first-order valence-corrected chi connectivity index (χ1v) is 7.41. The van der Waals surface area contributed by atoms with Gasteiger partial charge < -0.3 is 10.1 Å². The fraction of sp³-hybridized carbons (Fsp3) is 0.529. The largest absolute Gasteiger partial charge is 0.373 e. The molecule has 0 heterocycles. The molecule has 2 heteroatoms. The van der Waals surface area contributed by atoms with Crippen LogP contribution in [0.2, 0.25) is 0 Å². The van der Waals surface area contributed by atoms with Gasteiger partial charge in [0.05, 0.1) is 12.7 Å². The predicted octanol–water partition coefficient (Wildman–Crippen LogP) is 3.64. The Morgan fingerprint density at radius 3 is 2.74 bits per heavy atom. The van der Waals surface area contributed by atoms with Crippen LogP contribution in [0, 0.1) is 0 Å². The van der Waals surface area contributed by atoms with Gasteiger partial charge in [-0.15, -0.1) is 0 Å². The van der Waals surface area contributed by atoms with E-state index in [1.54, 1.807) is 0 Å². The van der Waals surface area contributed by atoms with Crippen LogP contribution in [0.4, 0.5) is 0 Å². The Labute approximate surface area is 116 Å². The summed E-state index contributed by atoms with van der Waals surface area (Å²) in [5.41, 5.74) is 1.22. The second kappa shape index (κ2) is 8.13. The lowest BCUT2D eigenvalue weighted by atomic mass is 10.2. The van der Waals surface area contributed by atoms with Crippen LogP contribution in [-0.2, 0) is 4.74 Å². The summed E-state index contributed by atoms with van der Waals surface area (Å²) in [7, 11) is 0. The summed E-state index contributed by atoms with van der Waals surface area (Å²) in [6.07, 6.45) is 9.90. The number of hydrogen-bond donors (Lipinski definition) is 1. The zero-order chi connectivity index (χ0) is 13.3. The number of hydrogen-bond acceptors (Lipinski definition) is 2. The molecule has 0 spiro atoms. The molecule has 0 bridgehead atoms. The van der Waals surface area contributed by atoms with E-state index < -0.39 is 0 Å². The highest BCUT2D eigenvalue weighted by atomic mass is 16.5. The van der Waals surface area contributed by atoms with Gasteiger partial charge in [0.15, 0.2) is 0 Å². The van der Waals surface area contributed by atoms with E-state index in [1.807, 2.05) is 6.07 Å². The van der Waals surface area contributed by atoms with Crippen LogP contribution in [0.1, 0.15) is 38.2 Å². The van der Waals surface area contributed by atoms with Crippen LogP contribution in [0.15, 0.2) is 36.4 Å². The van der Waals surface area contributed by atoms with E-state index in [2.05, 4.69) is 48.7 Å². The molecular formula is C17H25NO. The van der Waals surface area contributed by atoms with Crippen LogP contribution >= 0.6 is 0 Å². The molecular weight excluding hydrogens is 234 g/mol. The van der Waals surface area contributed by atoms with Gasteiger partial charge in [-0.3, -0.25) is 0 Å². The minimum atomic E-state index is 0.279. The molecule has 0 aliphatic heterocycles. The first-order valence-electron chi connectivity index (χ1n) is 7.41. The molecule has 1 N–H and O–H groups in total. The Morgan fingerprint density at radius 2 is 2.00 bits per heavy atom. The SMILES string of the molecule is CC(CNC1CCCC1)OCC=Cc1ccccc1. The summed E-state index contributed by atoms with van der Waals surface area (Å²) in [6, 6.07) is 11.1. The average Bonchev–Trinajstić information content (AvgIpc) is 2.96. The molecule has 2 rings (SSSR count). The monoisotopic (exact) mass is 259 g/mol. The molecule has 104 valence electrons. The van der Waals surface area contributed by atoms with Crippen molar-refractivity contribution in [2.75, 3.05) is 13.2 Å². The zero-order valence-corrected chi connectivity index (χ0v) is 11.8. The van der Waals surface area contributed by atoms with E-state index in [9.17, 15) is 0 Å². The molecule has 1 saturated carbocycles. The summed E-state index contributed by atoms with van der Waals surface area (Å²) in [5, 5.41) is 3.59. The third kappa shape index (κ3) is 5.58. The molecule has 2 nitrogen and oxygen atoms in total. The van der Waals surface area contributed by atoms with Gasteiger partial charge in [0, 0.05) is 12.6 Å². The van der Waals surface area contributed by atoms with E-state index in [0.717, 1.165) is 12.6 Å². The van der Waals surface area contributed by atoms with Gasteiger partial charge in [-0.05, 0) is 25.3 Å². The molecule has 0 amide bonds. The summed E-state index contributed by atoms with van der Waals surface area (Å²) in [6.45, 7) is 3.78. The predicted molar refractivity (Wildman–Crippen MR) is 81.1 cm³/mol.